The smallest absolute Gasteiger partial charge is 0.338 e. The highest BCUT2D eigenvalue weighted by atomic mass is 16.5. The summed E-state index contributed by atoms with van der Waals surface area (Å²) in [6.45, 7) is 2.69. The number of allylic oxidation sites excluding steroid dienone is 2. The van der Waals surface area contributed by atoms with E-state index in [2.05, 4.69) is 19.1 Å². The number of benzene rings is 1. The Hall–Kier alpha value is -1.77. The lowest BCUT2D eigenvalue weighted by molar-refractivity contribution is 0.0497. The van der Waals surface area contributed by atoms with Crippen molar-refractivity contribution in [2.75, 3.05) is 6.61 Å². The SMILES string of the molecule is CCCC/C=C/CCCCCCCOC(=O)c1ccc(O)cc1. The fourth-order valence-electron chi connectivity index (χ4n) is 2.30. The molecule has 0 aliphatic carbocycles. The van der Waals surface area contributed by atoms with Crippen LogP contribution in [0.15, 0.2) is 36.4 Å². The number of phenolic OH excluding ortho intramolecular Hbond substituents is 1. The van der Waals surface area contributed by atoms with Crippen LogP contribution in [0.4, 0.5) is 0 Å². The summed E-state index contributed by atoms with van der Waals surface area (Å²) in [5, 5.41) is 9.17. The van der Waals surface area contributed by atoms with Crippen LogP contribution in [0.25, 0.3) is 0 Å². The van der Waals surface area contributed by atoms with Crippen molar-refractivity contribution < 1.29 is 14.6 Å². The summed E-state index contributed by atoms with van der Waals surface area (Å²) in [5.74, 6) is -0.163. The Morgan fingerprint density at radius 2 is 1.57 bits per heavy atom. The molecule has 1 aromatic carbocycles. The topological polar surface area (TPSA) is 46.5 Å². The highest BCUT2D eigenvalue weighted by molar-refractivity contribution is 5.89. The number of aromatic hydroxyl groups is 1. The Balaban J connectivity index is 1.94. The molecular formula is C20H30O3. The molecule has 0 unspecified atom stereocenters. The fourth-order valence-corrected chi connectivity index (χ4v) is 2.30. The molecule has 0 atom stereocenters. The van der Waals surface area contributed by atoms with Crippen molar-refractivity contribution >= 4 is 5.97 Å². The van der Waals surface area contributed by atoms with E-state index in [1.54, 1.807) is 12.1 Å². The van der Waals surface area contributed by atoms with Gasteiger partial charge in [0.25, 0.3) is 0 Å². The summed E-state index contributed by atoms with van der Waals surface area (Å²) in [5.41, 5.74) is 0.484. The molecule has 0 spiro atoms. The molecule has 1 aromatic rings. The lowest BCUT2D eigenvalue weighted by Gasteiger charge is -2.05. The average Bonchev–Trinajstić information content (AvgIpc) is 2.56. The van der Waals surface area contributed by atoms with Crippen molar-refractivity contribution in [3.05, 3.63) is 42.0 Å². The molecule has 0 aromatic heterocycles. The first-order valence-corrected chi connectivity index (χ1v) is 8.85. The molecule has 0 radical (unpaired) electrons. The van der Waals surface area contributed by atoms with Crippen molar-refractivity contribution in [2.24, 2.45) is 0 Å². The summed E-state index contributed by atoms with van der Waals surface area (Å²) < 4.78 is 5.22. The van der Waals surface area contributed by atoms with Crippen LogP contribution in [0.5, 0.6) is 5.75 Å². The Morgan fingerprint density at radius 3 is 2.26 bits per heavy atom. The molecule has 3 nitrogen and oxygen atoms in total. The zero-order valence-corrected chi connectivity index (χ0v) is 14.3. The van der Waals surface area contributed by atoms with Crippen LogP contribution in [0.1, 0.15) is 75.1 Å². The molecular weight excluding hydrogens is 288 g/mol. The zero-order valence-electron chi connectivity index (χ0n) is 14.3. The van der Waals surface area contributed by atoms with Crippen LogP contribution in [-0.2, 0) is 4.74 Å². The Kier molecular flexibility index (Phi) is 10.7. The van der Waals surface area contributed by atoms with Gasteiger partial charge < -0.3 is 9.84 Å². The van der Waals surface area contributed by atoms with Crippen LogP contribution in [0.2, 0.25) is 0 Å². The quantitative estimate of drug-likeness (QED) is 0.308. The lowest BCUT2D eigenvalue weighted by Crippen LogP contribution is -2.06. The Labute approximate surface area is 140 Å². The molecule has 0 aliphatic heterocycles. The van der Waals surface area contributed by atoms with Gasteiger partial charge in [0.2, 0.25) is 0 Å². The number of ether oxygens (including phenoxy) is 1. The van der Waals surface area contributed by atoms with Gasteiger partial charge in [0.05, 0.1) is 12.2 Å². The third-order valence-electron chi connectivity index (χ3n) is 3.74. The largest absolute Gasteiger partial charge is 0.508 e. The van der Waals surface area contributed by atoms with Crippen molar-refractivity contribution in [1.82, 2.24) is 0 Å². The van der Waals surface area contributed by atoms with Crippen molar-refractivity contribution in [2.45, 2.75) is 64.7 Å². The number of rotatable bonds is 12. The van der Waals surface area contributed by atoms with Crippen molar-refractivity contribution in [3.8, 4) is 5.75 Å². The standard InChI is InChI=1S/C20H30O3/c1-2-3-4-5-6-7-8-9-10-11-12-17-23-20(22)18-13-15-19(21)16-14-18/h5-6,13-16,21H,2-4,7-12,17H2,1H3/b6-5+. The second-order valence-corrected chi connectivity index (χ2v) is 5.85. The summed E-state index contributed by atoms with van der Waals surface area (Å²) in [4.78, 5) is 11.7. The van der Waals surface area contributed by atoms with Gasteiger partial charge in [-0.25, -0.2) is 4.79 Å². The minimum Gasteiger partial charge on any atom is -0.508 e. The van der Waals surface area contributed by atoms with Gasteiger partial charge in [-0.15, -0.1) is 0 Å². The molecule has 1 rings (SSSR count). The maximum atomic E-state index is 11.7. The first-order chi connectivity index (χ1) is 11.2. The van der Waals surface area contributed by atoms with Gasteiger partial charge >= 0.3 is 5.97 Å². The van der Waals surface area contributed by atoms with Crippen LogP contribution in [0.3, 0.4) is 0 Å². The predicted octanol–water partition coefficient (Wildman–Crippen LogP) is 5.64. The molecule has 1 N–H and O–H groups in total. The van der Waals surface area contributed by atoms with E-state index in [0.29, 0.717) is 12.2 Å². The first-order valence-electron chi connectivity index (χ1n) is 8.85. The second kappa shape index (κ2) is 12.7. The molecule has 0 bridgehead atoms. The monoisotopic (exact) mass is 318 g/mol. The van der Waals surface area contributed by atoms with E-state index in [-0.39, 0.29) is 11.7 Å². The number of esters is 1. The summed E-state index contributed by atoms with van der Waals surface area (Å²) in [6.07, 6.45) is 15.2. The molecule has 0 fully saturated rings. The van der Waals surface area contributed by atoms with Gasteiger partial charge in [0, 0.05) is 0 Å². The van der Waals surface area contributed by atoms with Gasteiger partial charge in [0.15, 0.2) is 0 Å². The molecule has 128 valence electrons. The number of hydrogen-bond acceptors (Lipinski definition) is 3. The number of phenols is 1. The zero-order chi connectivity index (χ0) is 16.8. The summed E-state index contributed by atoms with van der Waals surface area (Å²) in [6, 6.07) is 6.14. The van der Waals surface area contributed by atoms with Crippen molar-refractivity contribution in [1.29, 1.82) is 0 Å². The van der Waals surface area contributed by atoms with E-state index < -0.39 is 0 Å². The number of unbranched alkanes of at least 4 members (excludes halogenated alkanes) is 7. The van der Waals surface area contributed by atoms with E-state index in [4.69, 9.17) is 4.74 Å². The van der Waals surface area contributed by atoms with E-state index in [1.165, 1.54) is 57.1 Å². The highest BCUT2D eigenvalue weighted by Gasteiger charge is 2.06. The number of hydrogen-bond donors (Lipinski definition) is 1. The minimum absolute atomic E-state index is 0.154. The Morgan fingerprint density at radius 1 is 0.957 bits per heavy atom. The van der Waals surface area contributed by atoms with E-state index in [0.717, 1.165) is 12.8 Å². The normalized spacial score (nSPS) is 11.0. The van der Waals surface area contributed by atoms with E-state index in [9.17, 15) is 9.90 Å². The summed E-state index contributed by atoms with van der Waals surface area (Å²) >= 11 is 0. The van der Waals surface area contributed by atoms with Crippen LogP contribution in [-0.4, -0.2) is 17.7 Å². The van der Waals surface area contributed by atoms with Crippen LogP contribution >= 0.6 is 0 Å². The van der Waals surface area contributed by atoms with Gasteiger partial charge in [-0.2, -0.15) is 0 Å². The molecule has 0 amide bonds. The van der Waals surface area contributed by atoms with Gasteiger partial charge in [-0.3, -0.25) is 0 Å². The number of carbonyl (C=O) groups is 1. The summed E-state index contributed by atoms with van der Waals surface area (Å²) in [7, 11) is 0. The molecule has 0 saturated carbocycles. The van der Waals surface area contributed by atoms with Crippen molar-refractivity contribution in [3.63, 3.8) is 0 Å². The van der Waals surface area contributed by atoms with Gasteiger partial charge in [0.1, 0.15) is 5.75 Å². The first kappa shape index (κ1) is 19.3. The molecule has 0 heterocycles. The molecule has 23 heavy (non-hydrogen) atoms. The molecule has 0 aliphatic rings. The maximum Gasteiger partial charge on any atom is 0.338 e. The van der Waals surface area contributed by atoms with Gasteiger partial charge in [-0.05, 0) is 49.9 Å². The molecule has 0 saturated heterocycles. The van der Waals surface area contributed by atoms with Gasteiger partial charge in [-0.1, -0.05) is 51.2 Å². The minimum atomic E-state index is -0.317. The maximum absolute atomic E-state index is 11.7. The fraction of sp³-hybridized carbons (Fsp3) is 0.550. The predicted molar refractivity (Wildman–Crippen MR) is 94.8 cm³/mol. The average molecular weight is 318 g/mol. The van der Waals surface area contributed by atoms with E-state index >= 15 is 0 Å². The van der Waals surface area contributed by atoms with Crippen LogP contribution < -0.4 is 0 Å². The van der Waals surface area contributed by atoms with E-state index in [1.807, 2.05) is 0 Å². The Bertz CT molecular complexity index is 448. The third kappa shape index (κ3) is 9.77. The molecule has 3 heteroatoms. The lowest BCUT2D eigenvalue weighted by atomic mass is 10.1. The highest BCUT2D eigenvalue weighted by Crippen LogP contribution is 2.11. The van der Waals surface area contributed by atoms with Crippen LogP contribution in [0, 0.1) is 0 Å². The second-order valence-electron chi connectivity index (χ2n) is 5.85. The number of carbonyl (C=O) groups excluding carboxylic acids is 1. The third-order valence-corrected chi connectivity index (χ3v) is 3.74.